The van der Waals surface area contributed by atoms with E-state index in [9.17, 15) is 14.4 Å². The number of hydrogen-bond acceptors (Lipinski definition) is 5. The molecule has 0 unspecified atom stereocenters. The number of nitrogens with one attached hydrogen (secondary N) is 3. The average molecular weight is 649 g/mol. The molecule has 0 fully saturated rings. The number of thioether (sulfide) groups is 1. The normalized spacial score (nSPS) is 11.0. The van der Waals surface area contributed by atoms with Crippen LogP contribution in [0.3, 0.4) is 0 Å². The first kappa shape index (κ1) is 32.7. The summed E-state index contributed by atoms with van der Waals surface area (Å²) in [5.41, 5.74) is 1.93. The molecule has 3 N–H and O–H groups in total. The number of carbonyl (C=O) groups excluding carboxylic acids is 3. The van der Waals surface area contributed by atoms with Gasteiger partial charge in [0.05, 0.1) is 12.4 Å². The second kappa shape index (κ2) is 16.6. The van der Waals surface area contributed by atoms with Crippen LogP contribution >= 0.6 is 35.0 Å². The lowest BCUT2D eigenvalue weighted by Gasteiger charge is -2.13. The van der Waals surface area contributed by atoms with Crippen molar-refractivity contribution in [1.82, 2.24) is 5.32 Å². The molecule has 0 aliphatic heterocycles. The summed E-state index contributed by atoms with van der Waals surface area (Å²) in [6.07, 6.45) is 3.50. The Morgan fingerprint density at radius 3 is 2.09 bits per heavy atom. The smallest absolute Gasteiger partial charge is 0.272 e. The Bertz CT molecular complexity index is 1590. The molecule has 0 atom stereocenters. The highest BCUT2D eigenvalue weighted by atomic mass is 35.5. The average Bonchev–Trinajstić information content (AvgIpc) is 3.03. The highest BCUT2D eigenvalue weighted by Gasteiger charge is 2.17. The summed E-state index contributed by atoms with van der Waals surface area (Å²) in [6, 6.07) is 27.8. The van der Waals surface area contributed by atoms with Crippen molar-refractivity contribution >= 4 is 70.1 Å². The number of unbranched alkanes of at least 4 members (excludes halogenated alkanes) is 1. The first-order valence-corrected chi connectivity index (χ1v) is 15.7. The number of ether oxygens (including phenoxy) is 1. The van der Waals surface area contributed by atoms with Gasteiger partial charge in [-0.25, -0.2) is 0 Å². The molecule has 0 saturated heterocycles. The lowest BCUT2D eigenvalue weighted by atomic mass is 10.1. The zero-order chi connectivity index (χ0) is 31.3. The Kier molecular flexibility index (Phi) is 12.3. The summed E-state index contributed by atoms with van der Waals surface area (Å²) in [5.74, 6) is -0.193. The Labute approximate surface area is 271 Å². The summed E-state index contributed by atoms with van der Waals surface area (Å²) in [6.45, 7) is 2.78. The van der Waals surface area contributed by atoms with Crippen molar-refractivity contribution in [3.05, 3.63) is 124 Å². The molecule has 4 rings (SSSR count). The van der Waals surface area contributed by atoms with Crippen LogP contribution in [0, 0.1) is 0 Å². The Morgan fingerprint density at radius 2 is 1.43 bits per heavy atom. The van der Waals surface area contributed by atoms with Crippen molar-refractivity contribution < 1.29 is 19.1 Å². The fourth-order valence-electron chi connectivity index (χ4n) is 3.88. The van der Waals surface area contributed by atoms with E-state index in [2.05, 4.69) is 22.9 Å². The molecule has 0 heterocycles. The first-order chi connectivity index (χ1) is 21.3. The number of rotatable bonds is 13. The molecule has 3 amide bonds. The van der Waals surface area contributed by atoms with Crippen molar-refractivity contribution in [2.45, 2.75) is 24.7 Å². The molecule has 4 aromatic carbocycles. The Balaban J connectivity index is 1.36. The van der Waals surface area contributed by atoms with E-state index in [-0.39, 0.29) is 17.4 Å². The summed E-state index contributed by atoms with van der Waals surface area (Å²) < 4.78 is 5.65. The van der Waals surface area contributed by atoms with Crippen molar-refractivity contribution in [1.29, 1.82) is 0 Å². The van der Waals surface area contributed by atoms with Crippen LogP contribution < -0.4 is 20.7 Å². The van der Waals surface area contributed by atoms with Crippen LogP contribution in [0.2, 0.25) is 10.0 Å². The third kappa shape index (κ3) is 9.91. The second-order valence-corrected chi connectivity index (χ2v) is 11.4. The summed E-state index contributed by atoms with van der Waals surface area (Å²) in [7, 11) is 0. The molecule has 0 aliphatic carbocycles. The van der Waals surface area contributed by atoms with Gasteiger partial charge in [0.2, 0.25) is 5.91 Å². The number of hydrogen-bond donors (Lipinski definition) is 3. The number of carbonyl (C=O) groups is 3. The predicted octanol–water partition coefficient (Wildman–Crippen LogP) is 8.31. The quantitative estimate of drug-likeness (QED) is 0.0770. The first-order valence-electron chi connectivity index (χ1n) is 13.9. The Hall–Kier alpha value is -4.24. The molecular formula is C34H31Cl2N3O4S. The molecule has 0 spiro atoms. The molecular weight excluding hydrogens is 617 g/mol. The number of benzene rings is 4. The maximum atomic E-state index is 13.3. The fraction of sp³-hybridized carbons (Fsp3) is 0.147. The van der Waals surface area contributed by atoms with Crippen LogP contribution in [-0.4, -0.2) is 30.1 Å². The molecule has 7 nitrogen and oxygen atoms in total. The van der Waals surface area contributed by atoms with Crippen molar-refractivity contribution in [3.63, 3.8) is 0 Å². The van der Waals surface area contributed by atoms with Gasteiger partial charge in [0, 0.05) is 37.4 Å². The minimum atomic E-state index is -0.563. The van der Waals surface area contributed by atoms with Gasteiger partial charge >= 0.3 is 0 Å². The van der Waals surface area contributed by atoms with E-state index >= 15 is 0 Å². The lowest BCUT2D eigenvalue weighted by molar-refractivity contribution is -0.114. The lowest BCUT2D eigenvalue weighted by Crippen LogP contribution is -2.30. The molecule has 0 aromatic heterocycles. The van der Waals surface area contributed by atoms with E-state index in [0.29, 0.717) is 39.2 Å². The molecule has 0 bridgehead atoms. The minimum Gasteiger partial charge on any atom is -0.494 e. The minimum absolute atomic E-state index is 0.0375. The molecule has 0 saturated carbocycles. The van der Waals surface area contributed by atoms with E-state index in [1.807, 2.05) is 24.3 Å². The number of amides is 3. The van der Waals surface area contributed by atoms with E-state index in [1.54, 1.807) is 72.8 Å². The standard InChI is InChI=1S/C34H31Cl2N3O4S/c1-2-3-20-43-26-16-12-24(13-17-26)37-32(40)22-44-27-18-14-25(15-19-27)38-34(42)31(21-28-29(35)10-7-11-30(28)36)39-33(41)23-8-5-4-6-9-23/h4-19,21H,2-3,20,22H2,1H3,(H,37,40)(H,38,42)(H,39,41)/b31-21-. The van der Waals surface area contributed by atoms with E-state index < -0.39 is 11.8 Å². The molecule has 10 heteroatoms. The van der Waals surface area contributed by atoms with Crippen LogP contribution in [0.25, 0.3) is 6.08 Å². The maximum absolute atomic E-state index is 13.3. The van der Waals surface area contributed by atoms with Crippen molar-refractivity contribution in [2.75, 3.05) is 23.0 Å². The van der Waals surface area contributed by atoms with Gasteiger partial charge < -0.3 is 20.7 Å². The van der Waals surface area contributed by atoms with Crippen LogP contribution in [0.5, 0.6) is 5.75 Å². The topological polar surface area (TPSA) is 96.5 Å². The Morgan fingerprint density at radius 1 is 0.795 bits per heavy atom. The van der Waals surface area contributed by atoms with Gasteiger partial charge in [-0.05, 0) is 85.3 Å². The van der Waals surface area contributed by atoms with Crippen LogP contribution in [0.4, 0.5) is 11.4 Å². The molecule has 0 radical (unpaired) electrons. The number of halogens is 2. The van der Waals surface area contributed by atoms with E-state index in [4.69, 9.17) is 27.9 Å². The molecule has 44 heavy (non-hydrogen) atoms. The van der Waals surface area contributed by atoms with Gasteiger partial charge in [-0.1, -0.05) is 60.8 Å². The summed E-state index contributed by atoms with van der Waals surface area (Å²) >= 11 is 14.0. The third-order valence-electron chi connectivity index (χ3n) is 6.20. The van der Waals surface area contributed by atoms with Gasteiger partial charge in [-0.3, -0.25) is 14.4 Å². The van der Waals surface area contributed by atoms with E-state index in [1.165, 1.54) is 17.8 Å². The zero-order valence-corrected chi connectivity index (χ0v) is 26.3. The van der Waals surface area contributed by atoms with Crippen molar-refractivity contribution in [3.8, 4) is 5.75 Å². The second-order valence-electron chi connectivity index (χ2n) is 9.56. The molecule has 226 valence electrons. The summed E-state index contributed by atoms with van der Waals surface area (Å²) in [4.78, 5) is 39.5. The van der Waals surface area contributed by atoms with Gasteiger partial charge in [-0.2, -0.15) is 0 Å². The number of anilines is 2. The SMILES string of the molecule is CCCCOc1ccc(NC(=O)CSc2ccc(NC(=O)/C(=C/c3c(Cl)cccc3Cl)NC(=O)c3ccccc3)cc2)cc1. The molecule has 4 aromatic rings. The third-order valence-corrected chi connectivity index (χ3v) is 7.88. The predicted molar refractivity (Wildman–Crippen MR) is 180 cm³/mol. The zero-order valence-electron chi connectivity index (χ0n) is 23.9. The van der Waals surface area contributed by atoms with Crippen LogP contribution in [-0.2, 0) is 9.59 Å². The van der Waals surface area contributed by atoms with Gasteiger partial charge in [0.15, 0.2) is 0 Å². The van der Waals surface area contributed by atoms with Gasteiger partial charge in [0.25, 0.3) is 11.8 Å². The highest BCUT2D eigenvalue weighted by Crippen LogP contribution is 2.27. The largest absolute Gasteiger partial charge is 0.494 e. The van der Waals surface area contributed by atoms with Gasteiger partial charge in [-0.15, -0.1) is 11.8 Å². The van der Waals surface area contributed by atoms with Crippen molar-refractivity contribution in [2.24, 2.45) is 0 Å². The monoisotopic (exact) mass is 647 g/mol. The summed E-state index contributed by atoms with van der Waals surface area (Å²) in [5, 5.41) is 9.01. The highest BCUT2D eigenvalue weighted by molar-refractivity contribution is 8.00. The van der Waals surface area contributed by atoms with E-state index in [0.717, 1.165) is 23.5 Å². The van der Waals surface area contributed by atoms with Gasteiger partial charge in [0.1, 0.15) is 11.4 Å². The van der Waals surface area contributed by atoms with Crippen LogP contribution in [0.15, 0.2) is 108 Å². The molecule has 0 aliphatic rings. The fourth-order valence-corrected chi connectivity index (χ4v) is 5.09. The van der Waals surface area contributed by atoms with Crippen LogP contribution in [0.1, 0.15) is 35.7 Å². The maximum Gasteiger partial charge on any atom is 0.272 e.